The third-order valence-electron chi connectivity index (χ3n) is 7.87. The summed E-state index contributed by atoms with van der Waals surface area (Å²) in [7, 11) is 0. The zero-order valence-electron chi connectivity index (χ0n) is 19.8. The maximum absolute atomic E-state index is 13.5. The zero-order chi connectivity index (χ0) is 24.3. The van der Waals surface area contributed by atoms with Crippen LogP contribution in [0, 0.1) is 0 Å². The molecular weight excluding hydrogens is 512 g/mol. The summed E-state index contributed by atoms with van der Waals surface area (Å²) >= 11 is 4.29. The average Bonchev–Trinajstić information content (AvgIpc) is 3.23. The van der Waals surface area contributed by atoms with Crippen LogP contribution in [0.5, 0.6) is 0 Å². The monoisotopic (exact) mass is 542 g/mol. The Morgan fingerprint density at radius 1 is 1.24 bits per heavy atom. The fourth-order valence-corrected chi connectivity index (χ4v) is 10.0. The van der Waals surface area contributed by atoms with Gasteiger partial charge in [-0.1, -0.05) is 0 Å². The summed E-state index contributed by atoms with van der Waals surface area (Å²) in [6.07, 6.45) is 1.04. The topological polar surface area (TPSA) is 81.4 Å². The fraction of sp³-hybridized carbons (Fsp3) is 0.423. The van der Waals surface area contributed by atoms with Crippen LogP contribution < -0.4 is 5.56 Å². The Kier molecular flexibility index (Phi) is 5.90. The second-order valence-electron chi connectivity index (χ2n) is 9.84. The summed E-state index contributed by atoms with van der Waals surface area (Å²) in [5, 5.41) is 14.5. The number of alkyl halides is 1. The molecule has 0 radical (unpaired) electrons. The number of carbonyl (C=O) groups excluding carboxylic acids is 1. The first-order valence-electron chi connectivity index (χ1n) is 11.9. The number of aromatic nitrogens is 2. The molecule has 1 N–H and O–H groups in total. The van der Waals surface area contributed by atoms with Crippen molar-refractivity contribution in [3.8, 4) is 11.4 Å². The number of esters is 1. The van der Waals surface area contributed by atoms with E-state index in [1.807, 2.05) is 18.2 Å². The zero-order valence-corrected chi connectivity index (χ0v) is 22.6. The number of ether oxygens (including phenoxy) is 1. The molecule has 2 aliphatic rings. The van der Waals surface area contributed by atoms with Gasteiger partial charge in [-0.05, 0) is 0 Å². The minimum atomic E-state index is -2.11. The maximum atomic E-state index is 13.5. The van der Waals surface area contributed by atoms with Gasteiger partial charge in [0.1, 0.15) is 0 Å². The van der Waals surface area contributed by atoms with Gasteiger partial charge < -0.3 is 0 Å². The molecule has 3 aromatic rings. The fourth-order valence-electron chi connectivity index (χ4n) is 5.16. The van der Waals surface area contributed by atoms with E-state index in [1.165, 1.54) is 10.8 Å². The average molecular weight is 542 g/mol. The van der Waals surface area contributed by atoms with Crippen LogP contribution in [-0.2, 0) is 34.7 Å². The summed E-state index contributed by atoms with van der Waals surface area (Å²) in [6.45, 7) is 4.27. The van der Waals surface area contributed by atoms with Crippen LogP contribution in [-0.4, -0.2) is 38.6 Å². The van der Waals surface area contributed by atoms with Gasteiger partial charge in [-0.15, -0.1) is 0 Å². The van der Waals surface area contributed by atoms with Gasteiger partial charge >= 0.3 is 207 Å². The third kappa shape index (κ3) is 3.45. The number of halogens is 1. The summed E-state index contributed by atoms with van der Waals surface area (Å²) in [6, 6.07) is 9.89. The molecule has 0 bridgehead atoms. The van der Waals surface area contributed by atoms with Crippen LogP contribution in [0.25, 0.3) is 22.3 Å². The molecule has 1 aromatic carbocycles. The standard InChI is InChI=1S/C26H29ClGeN2O4/c1-4-26(33)20-12-22-23-18(13-30(22)24(31)19(20)14-34-25(26)32)16(10-11-28(3,5-2)15-27)17-8-6-7-9-21(17)29-23/h6-9,12,33H,4-5,10-11,13-15H2,1-3H3/t26-,28?/m1/s1. The Morgan fingerprint density at radius 2 is 2.00 bits per heavy atom. The minimum absolute atomic E-state index is 0.119. The number of nitrogens with zero attached hydrogens (tertiary/aromatic N) is 2. The van der Waals surface area contributed by atoms with E-state index in [0.29, 0.717) is 23.4 Å². The van der Waals surface area contributed by atoms with E-state index in [-0.39, 0.29) is 18.6 Å². The molecule has 0 fully saturated rings. The number of rotatable bonds is 6. The molecule has 0 spiro atoms. The van der Waals surface area contributed by atoms with Crippen molar-refractivity contribution in [2.45, 2.75) is 61.7 Å². The first-order chi connectivity index (χ1) is 16.3. The molecule has 0 saturated carbocycles. The van der Waals surface area contributed by atoms with Crippen molar-refractivity contribution in [1.82, 2.24) is 9.55 Å². The summed E-state index contributed by atoms with van der Waals surface area (Å²) in [4.78, 5) is 30.9. The van der Waals surface area contributed by atoms with Gasteiger partial charge in [-0.2, -0.15) is 0 Å². The first kappa shape index (κ1) is 23.6. The molecule has 0 saturated heterocycles. The van der Waals surface area contributed by atoms with Crippen molar-refractivity contribution in [2.75, 3.05) is 4.71 Å². The van der Waals surface area contributed by atoms with Crippen molar-refractivity contribution in [3.63, 3.8) is 0 Å². The van der Waals surface area contributed by atoms with Crippen LogP contribution in [0.4, 0.5) is 0 Å². The molecule has 2 aromatic heterocycles. The quantitative estimate of drug-likeness (QED) is 0.221. The van der Waals surface area contributed by atoms with E-state index in [4.69, 9.17) is 21.3 Å². The molecular formula is C26H29ClGeN2O4. The van der Waals surface area contributed by atoms with E-state index in [1.54, 1.807) is 17.6 Å². The van der Waals surface area contributed by atoms with E-state index in [0.717, 1.165) is 38.5 Å². The molecule has 2 atom stereocenters. The molecule has 8 heteroatoms. The van der Waals surface area contributed by atoms with Gasteiger partial charge in [-0.25, -0.2) is 0 Å². The number of benzene rings is 1. The number of aryl methyl sites for hydroxylation is 1. The van der Waals surface area contributed by atoms with Crippen LogP contribution >= 0.6 is 11.6 Å². The molecule has 4 heterocycles. The van der Waals surface area contributed by atoms with Gasteiger partial charge in [0, 0.05) is 0 Å². The number of hydrogen-bond donors (Lipinski definition) is 1. The molecule has 5 rings (SSSR count). The molecule has 178 valence electrons. The van der Waals surface area contributed by atoms with E-state index in [9.17, 15) is 14.7 Å². The molecule has 0 aliphatic carbocycles. The Morgan fingerprint density at radius 3 is 2.71 bits per heavy atom. The number of cyclic esters (lactones) is 1. The molecule has 2 aliphatic heterocycles. The first-order valence-corrected chi connectivity index (χ1v) is 19.0. The second-order valence-corrected chi connectivity index (χ2v) is 21.9. The Labute approximate surface area is 206 Å². The number of carbonyl (C=O) groups is 1. The van der Waals surface area contributed by atoms with Crippen LogP contribution in [0.15, 0.2) is 35.1 Å². The molecule has 1 unspecified atom stereocenters. The number of pyridine rings is 2. The number of fused-ring (bicyclic) bond motifs is 5. The van der Waals surface area contributed by atoms with Gasteiger partial charge in [0.15, 0.2) is 0 Å². The Bertz CT molecular complexity index is 1380. The SMILES string of the molecule is CC[C@]1(O)C(=O)OCc2c1cc1n(c2=O)Cc2c-1nc1ccccc1c2C[CH2][Ge]([CH3])([CH2]C)[CH2]Cl. The second kappa shape index (κ2) is 8.50. The van der Waals surface area contributed by atoms with Gasteiger partial charge in [-0.3, -0.25) is 0 Å². The van der Waals surface area contributed by atoms with Gasteiger partial charge in [0.05, 0.1) is 0 Å². The van der Waals surface area contributed by atoms with E-state index < -0.39 is 24.8 Å². The van der Waals surface area contributed by atoms with Crippen molar-refractivity contribution in [1.29, 1.82) is 0 Å². The van der Waals surface area contributed by atoms with Crippen molar-refractivity contribution in [3.05, 3.63) is 62.9 Å². The number of aliphatic hydroxyl groups is 1. The van der Waals surface area contributed by atoms with Crippen LogP contribution in [0.3, 0.4) is 0 Å². The van der Waals surface area contributed by atoms with E-state index >= 15 is 0 Å². The number of hydrogen-bond acceptors (Lipinski definition) is 5. The molecule has 6 nitrogen and oxygen atoms in total. The van der Waals surface area contributed by atoms with Crippen molar-refractivity contribution < 1.29 is 14.6 Å². The Balaban J connectivity index is 1.72. The molecule has 34 heavy (non-hydrogen) atoms. The van der Waals surface area contributed by atoms with Crippen LogP contribution in [0.2, 0.25) is 16.3 Å². The van der Waals surface area contributed by atoms with Crippen molar-refractivity contribution >= 4 is 41.7 Å². The number of para-hydroxylation sites is 1. The normalized spacial score (nSPS) is 20.4. The van der Waals surface area contributed by atoms with Crippen molar-refractivity contribution in [2.24, 2.45) is 0 Å². The van der Waals surface area contributed by atoms with E-state index in [2.05, 4.69) is 18.7 Å². The van der Waals surface area contributed by atoms with Gasteiger partial charge in [0.2, 0.25) is 0 Å². The van der Waals surface area contributed by atoms with Gasteiger partial charge in [0.25, 0.3) is 0 Å². The van der Waals surface area contributed by atoms with Crippen LogP contribution in [0.1, 0.15) is 42.5 Å². The third-order valence-corrected chi connectivity index (χ3v) is 19.2. The Hall–Kier alpha value is -2.16. The summed E-state index contributed by atoms with van der Waals surface area (Å²) in [5.41, 5.74) is 3.25. The molecule has 0 amide bonds. The summed E-state index contributed by atoms with van der Waals surface area (Å²) < 4.78 is 7.69. The predicted molar refractivity (Wildman–Crippen MR) is 136 cm³/mol. The predicted octanol–water partition coefficient (Wildman–Crippen LogP) is 4.50. The summed E-state index contributed by atoms with van der Waals surface area (Å²) in [5.74, 6) is 1.69.